The maximum absolute atomic E-state index is 13.2. The van der Waals surface area contributed by atoms with Crippen molar-refractivity contribution in [2.45, 2.75) is 26.3 Å². The molecule has 1 N–H and O–H groups in total. The topological polar surface area (TPSA) is 57.6 Å². The first kappa shape index (κ1) is 22.1. The zero-order valence-corrected chi connectivity index (χ0v) is 19.1. The predicted molar refractivity (Wildman–Crippen MR) is 128 cm³/mol. The van der Waals surface area contributed by atoms with Crippen LogP contribution in [0.1, 0.15) is 35.2 Å². The Labute approximate surface area is 196 Å². The summed E-state index contributed by atoms with van der Waals surface area (Å²) < 4.78 is 0. The van der Waals surface area contributed by atoms with Crippen LogP contribution in [0, 0.1) is 6.92 Å². The average molecular weight is 466 g/mol. The van der Waals surface area contributed by atoms with Crippen LogP contribution in [-0.2, 0) is 16.0 Å². The summed E-state index contributed by atoms with van der Waals surface area (Å²) >= 11 is 12.4. The summed E-state index contributed by atoms with van der Waals surface area (Å²) in [7, 11) is 0. The number of aryl methyl sites for hydroxylation is 2. The molecular weight excluding hydrogens is 445 g/mol. The number of aliphatic hydroxyl groups is 1. The van der Waals surface area contributed by atoms with Crippen molar-refractivity contribution in [2.75, 3.05) is 4.90 Å². The molecule has 1 saturated heterocycles. The summed E-state index contributed by atoms with van der Waals surface area (Å²) in [6, 6.07) is 18.7. The Morgan fingerprint density at radius 1 is 0.938 bits per heavy atom. The van der Waals surface area contributed by atoms with Crippen molar-refractivity contribution in [3.05, 3.63) is 105 Å². The van der Waals surface area contributed by atoms with E-state index in [0.29, 0.717) is 26.9 Å². The largest absolute Gasteiger partial charge is 0.507 e. The van der Waals surface area contributed by atoms with E-state index in [9.17, 15) is 14.7 Å². The summed E-state index contributed by atoms with van der Waals surface area (Å²) in [5.41, 5.74) is 3.72. The van der Waals surface area contributed by atoms with E-state index in [-0.39, 0.29) is 11.3 Å². The molecule has 3 aromatic rings. The van der Waals surface area contributed by atoms with E-state index >= 15 is 0 Å². The Kier molecular flexibility index (Phi) is 6.09. The molecule has 1 heterocycles. The van der Waals surface area contributed by atoms with Crippen LogP contribution in [0.15, 0.2) is 72.3 Å². The fourth-order valence-corrected chi connectivity index (χ4v) is 4.16. The highest BCUT2D eigenvalue weighted by Crippen LogP contribution is 2.43. The lowest BCUT2D eigenvalue weighted by molar-refractivity contribution is -0.132. The molecular formula is C26H21Cl2NO3. The summed E-state index contributed by atoms with van der Waals surface area (Å²) in [6.45, 7) is 3.97. The molecule has 32 heavy (non-hydrogen) atoms. The van der Waals surface area contributed by atoms with Crippen LogP contribution < -0.4 is 4.90 Å². The lowest BCUT2D eigenvalue weighted by Crippen LogP contribution is -2.29. The summed E-state index contributed by atoms with van der Waals surface area (Å²) in [4.78, 5) is 27.7. The summed E-state index contributed by atoms with van der Waals surface area (Å²) in [6.07, 6.45) is 0.849. The van der Waals surface area contributed by atoms with Gasteiger partial charge in [-0.3, -0.25) is 14.5 Å². The van der Waals surface area contributed by atoms with Gasteiger partial charge in [0.05, 0.1) is 21.7 Å². The SMILES string of the molecule is CCc1ccc(/C(O)=C2/C(=O)C(=O)N(c3ccc(C)cc3)C2c2ccc(Cl)c(Cl)c2)cc1. The van der Waals surface area contributed by atoms with Gasteiger partial charge in [0.2, 0.25) is 0 Å². The van der Waals surface area contributed by atoms with Crippen molar-refractivity contribution >= 4 is 46.3 Å². The molecule has 0 aromatic heterocycles. The second-order valence-corrected chi connectivity index (χ2v) is 8.54. The average Bonchev–Trinajstić information content (AvgIpc) is 3.06. The molecule has 4 rings (SSSR count). The molecule has 1 amide bonds. The monoisotopic (exact) mass is 465 g/mol. The molecule has 1 aliphatic rings. The first-order valence-corrected chi connectivity index (χ1v) is 11.0. The van der Waals surface area contributed by atoms with Crippen LogP contribution in [0.4, 0.5) is 5.69 Å². The molecule has 1 atom stereocenters. The van der Waals surface area contributed by atoms with Gasteiger partial charge in [-0.15, -0.1) is 0 Å². The predicted octanol–water partition coefficient (Wildman–Crippen LogP) is 6.49. The van der Waals surface area contributed by atoms with Crippen molar-refractivity contribution in [1.82, 2.24) is 0 Å². The van der Waals surface area contributed by atoms with Gasteiger partial charge in [0.1, 0.15) is 5.76 Å². The molecule has 0 bridgehead atoms. The number of nitrogens with zero attached hydrogens (tertiary/aromatic N) is 1. The number of benzene rings is 3. The molecule has 4 nitrogen and oxygen atoms in total. The number of hydrogen-bond donors (Lipinski definition) is 1. The van der Waals surface area contributed by atoms with Crippen LogP contribution in [0.5, 0.6) is 0 Å². The fraction of sp³-hybridized carbons (Fsp3) is 0.154. The molecule has 1 fully saturated rings. The first-order valence-electron chi connectivity index (χ1n) is 10.2. The van der Waals surface area contributed by atoms with Crippen molar-refractivity contribution in [1.29, 1.82) is 0 Å². The van der Waals surface area contributed by atoms with Crippen LogP contribution in [-0.4, -0.2) is 16.8 Å². The molecule has 0 aliphatic carbocycles. The summed E-state index contributed by atoms with van der Waals surface area (Å²) in [5, 5.41) is 11.8. The molecule has 1 aliphatic heterocycles. The number of carbonyl (C=O) groups is 2. The van der Waals surface area contributed by atoms with Gasteiger partial charge in [-0.1, -0.05) is 78.2 Å². The lowest BCUT2D eigenvalue weighted by Gasteiger charge is -2.26. The standard InChI is InChI=1S/C26H21Cl2NO3/c1-3-16-6-8-17(9-7-16)24(30)22-23(18-10-13-20(27)21(28)14-18)29(26(32)25(22)31)19-11-4-15(2)5-12-19/h4-14,23,30H,3H2,1-2H3/b24-22-. The lowest BCUT2D eigenvalue weighted by atomic mass is 9.94. The third-order valence-corrected chi connectivity index (χ3v) is 6.39. The van der Waals surface area contributed by atoms with E-state index in [2.05, 4.69) is 0 Å². The highest BCUT2D eigenvalue weighted by atomic mass is 35.5. The van der Waals surface area contributed by atoms with Gasteiger partial charge < -0.3 is 5.11 Å². The Hall–Kier alpha value is -3.08. The van der Waals surface area contributed by atoms with E-state index in [0.717, 1.165) is 17.5 Å². The zero-order chi connectivity index (χ0) is 23.0. The van der Waals surface area contributed by atoms with Crippen LogP contribution in [0.3, 0.4) is 0 Å². The first-order chi connectivity index (χ1) is 15.3. The number of hydrogen-bond acceptors (Lipinski definition) is 3. The molecule has 162 valence electrons. The quantitative estimate of drug-likeness (QED) is 0.272. The van der Waals surface area contributed by atoms with Crippen LogP contribution in [0.2, 0.25) is 10.0 Å². The summed E-state index contributed by atoms with van der Waals surface area (Å²) in [5.74, 6) is -1.69. The maximum Gasteiger partial charge on any atom is 0.300 e. The highest BCUT2D eigenvalue weighted by Gasteiger charge is 2.47. The van der Waals surface area contributed by atoms with E-state index in [1.807, 2.05) is 38.1 Å². The van der Waals surface area contributed by atoms with E-state index < -0.39 is 17.7 Å². The Balaban J connectivity index is 1.93. The fourth-order valence-electron chi connectivity index (χ4n) is 3.86. The molecule has 0 spiro atoms. The van der Waals surface area contributed by atoms with Crippen molar-refractivity contribution < 1.29 is 14.7 Å². The Morgan fingerprint density at radius 2 is 1.59 bits per heavy atom. The number of halogens is 2. The van der Waals surface area contributed by atoms with Gasteiger partial charge in [0.15, 0.2) is 0 Å². The van der Waals surface area contributed by atoms with Gasteiger partial charge in [-0.05, 0) is 48.7 Å². The maximum atomic E-state index is 13.2. The number of carbonyl (C=O) groups excluding carboxylic acids is 2. The van der Waals surface area contributed by atoms with E-state index in [4.69, 9.17) is 23.2 Å². The van der Waals surface area contributed by atoms with Crippen molar-refractivity contribution in [3.63, 3.8) is 0 Å². The number of amides is 1. The van der Waals surface area contributed by atoms with Gasteiger partial charge in [-0.25, -0.2) is 0 Å². The Morgan fingerprint density at radius 3 is 2.19 bits per heavy atom. The molecule has 1 unspecified atom stereocenters. The zero-order valence-electron chi connectivity index (χ0n) is 17.6. The van der Waals surface area contributed by atoms with Crippen molar-refractivity contribution in [3.8, 4) is 0 Å². The van der Waals surface area contributed by atoms with Gasteiger partial charge >= 0.3 is 0 Å². The highest BCUT2D eigenvalue weighted by molar-refractivity contribution is 6.51. The molecule has 6 heteroatoms. The van der Waals surface area contributed by atoms with Crippen molar-refractivity contribution in [2.24, 2.45) is 0 Å². The third kappa shape index (κ3) is 3.92. The van der Waals surface area contributed by atoms with Crippen LogP contribution in [0.25, 0.3) is 5.76 Å². The minimum atomic E-state index is -0.849. The normalized spacial score (nSPS) is 17.8. The number of rotatable bonds is 4. The smallest absolute Gasteiger partial charge is 0.300 e. The third-order valence-electron chi connectivity index (χ3n) is 5.65. The van der Waals surface area contributed by atoms with E-state index in [1.165, 1.54) is 4.90 Å². The minimum absolute atomic E-state index is 0.0122. The van der Waals surface area contributed by atoms with Crippen LogP contribution >= 0.6 is 23.2 Å². The van der Waals surface area contributed by atoms with Gasteiger partial charge in [0, 0.05) is 11.3 Å². The van der Waals surface area contributed by atoms with Gasteiger partial charge in [0.25, 0.3) is 11.7 Å². The number of anilines is 1. The molecule has 3 aromatic carbocycles. The number of Topliss-reactive ketones (excluding diaryl/α,β-unsaturated/α-hetero) is 1. The molecule has 0 radical (unpaired) electrons. The number of aliphatic hydroxyl groups excluding tert-OH is 1. The number of ketones is 1. The second-order valence-electron chi connectivity index (χ2n) is 7.73. The Bertz CT molecular complexity index is 1230. The van der Waals surface area contributed by atoms with E-state index in [1.54, 1.807) is 42.5 Å². The molecule has 0 saturated carbocycles. The van der Waals surface area contributed by atoms with Gasteiger partial charge in [-0.2, -0.15) is 0 Å². The minimum Gasteiger partial charge on any atom is -0.507 e. The second kappa shape index (κ2) is 8.81.